The fourth-order valence-electron chi connectivity index (χ4n) is 1.96. The molecule has 2 N–H and O–H groups in total. The van der Waals surface area contributed by atoms with Crippen molar-refractivity contribution >= 4 is 39.6 Å². The summed E-state index contributed by atoms with van der Waals surface area (Å²) in [4.78, 5) is 15.9. The van der Waals surface area contributed by atoms with Gasteiger partial charge in [-0.1, -0.05) is 6.92 Å². The van der Waals surface area contributed by atoms with E-state index in [4.69, 9.17) is 10.5 Å². The minimum Gasteiger partial charge on any atom is -0.396 e. The van der Waals surface area contributed by atoms with Gasteiger partial charge in [0.25, 0.3) is 0 Å². The predicted molar refractivity (Wildman–Crippen MR) is 78.2 cm³/mol. The van der Waals surface area contributed by atoms with E-state index in [1.54, 1.807) is 11.8 Å². The molecule has 6 heteroatoms. The first-order chi connectivity index (χ1) is 8.69. The van der Waals surface area contributed by atoms with Crippen LogP contribution in [0.3, 0.4) is 0 Å². The molecule has 0 aromatic carbocycles. The van der Waals surface area contributed by atoms with E-state index in [0.717, 1.165) is 36.2 Å². The SMILES string of the molecule is CCC(=O)c1sc(N2CCOCC2)c(SC)c1N. The summed E-state index contributed by atoms with van der Waals surface area (Å²) in [6.45, 7) is 5.08. The molecule has 0 unspecified atom stereocenters. The first-order valence-corrected chi connectivity index (χ1v) is 8.05. The van der Waals surface area contributed by atoms with Gasteiger partial charge < -0.3 is 15.4 Å². The lowest BCUT2D eigenvalue weighted by Gasteiger charge is -2.28. The number of Topliss-reactive ketones (excluding diaryl/α,β-unsaturated/α-hetero) is 1. The summed E-state index contributed by atoms with van der Waals surface area (Å²) in [5.74, 6) is 0.132. The highest BCUT2D eigenvalue weighted by Gasteiger charge is 2.24. The van der Waals surface area contributed by atoms with E-state index in [1.165, 1.54) is 11.3 Å². The second-order valence-electron chi connectivity index (χ2n) is 4.06. The van der Waals surface area contributed by atoms with Crippen LogP contribution in [0.2, 0.25) is 0 Å². The molecule has 4 nitrogen and oxygen atoms in total. The van der Waals surface area contributed by atoms with Crippen molar-refractivity contribution in [3.63, 3.8) is 0 Å². The Hall–Kier alpha value is -0.720. The number of ether oxygens (including phenoxy) is 1. The van der Waals surface area contributed by atoms with E-state index in [2.05, 4.69) is 4.90 Å². The first kappa shape index (κ1) is 13.7. The molecule has 1 aliphatic heterocycles. The van der Waals surface area contributed by atoms with Gasteiger partial charge in [-0.2, -0.15) is 0 Å². The van der Waals surface area contributed by atoms with E-state index < -0.39 is 0 Å². The molecule has 0 spiro atoms. The zero-order chi connectivity index (χ0) is 13.1. The quantitative estimate of drug-likeness (QED) is 0.681. The maximum Gasteiger partial charge on any atom is 0.174 e. The Morgan fingerprint density at radius 2 is 2.17 bits per heavy atom. The van der Waals surface area contributed by atoms with E-state index in [1.807, 2.05) is 13.2 Å². The Kier molecular flexibility index (Phi) is 4.53. The molecule has 1 aromatic heterocycles. The molecule has 2 rings (SSSR count). The van der Waals surface area contributed by atoms with Crippen LogP contribution in [0, 0.1) is 0 Å². The lowest BCUT2D eigenvalue weighted by atomic mass is 10.2. The van der Waals surface area contributed by atoms with Crippen LogP contribution in [0.25, 0.3) is 0 Å². The number of anilines is 2. The van der Waals surface area contributed by atoms with E-state index in [0.29, 0.717) is 17.0 Å². The summed E-state index contributed by atoms with van der Waals surface area (Å²) in [6.07, 6.45) is 2.50. The summed E-state index contributed by atoms with van der Waals surface area (Å²) in [6, 6.07) is 0. The van der Waals surface area contributed by atoms with Gasteiger partial charge in [-0.05, 0) is 6.26 Å². The van der Waals surface area contributed by atoms with Gasteiger partial charge in [0, 0.05) is 19.5 Å². The summed E-state index contributed by atoms with van der Waals surface area (Å²) in [5, 5.41) is 1.13. The number of ketones is 1. The van der Waals surface area contributed by atoms with Gasteiger partial charge >= 0.3 is 0 Å². The Morgan fingerprint density at radius 1 is 1.50 bits per heavy atom. The third-order valence-electron chi connectivity index (χ3n) is 2.96. The lowest BCUT2D eigenvalue weighted by molar-refractivity contribution is 0.0992. The zero-order valence-electron chi connectivity index (χ0n) is 10.7. The molecule has 0 bridgehead atoms. The maximum absolute atomic E-state index is 11.9. The standard InChI is InChI=1S/C12H18N2O2S2/c1-3-8(15)10-9(13)11(17-2)12(18-10)14-4-6-16-7-5-14/h3-7,13H2,1-2H3. The molecule has 100 valence electrons. The Balaban J connectivity index is 2.36. The van der Waals surface area contributed by atoms with Crippen molar-refractivity contribution in [2.75, 3.05) is 43.2 Å². The third-order valence-corrected chi connectivity index (χ3v) is 5.22. The number of hydrogen-bond donors (Lipinski definition) is 1. The average Bonchev–Trinajstić information content (AvgIpc) is 2.76. The summed E-state index contributed by atoms with van der Waals surface area (Å²) in [5.41, 5.74) is 6.76. The number of nitrogens with zero attached hydrogens (tertiary/aromatic N) is 1. The Labute approximate surface area is 115 Å². The van der Waals surface area contributed by atoms with Gasteiger partial charge in [0.05, 0.1) is 28.7 Å². The van der Waals surface area contributed by atoms with Crippen molar-refractivity contribution in [3.05, 3.63) is 4.88 Å². The number of carbonyl (C=O) groups is 1. The second kappa shape index (κ2) is 5.95. The van der Waals surface area contributed by atoms with Crippen LogP contribution < -0.4 is 10.6 Å². The fourth-order valence-corrected chi connectivity index (χ4v) is 4.20. The summed E-state index contributed by atoms with van der Waals surface area (Å²) < 4.78 is 5.36. The second-order valence-corrected chi connectivity index (χ2v) is 5.87. The minimum absolute atomic E-state index is 0.132. The monoisotopic (exact) mass is 286 g/mol. The van der Waals surface area contributed by atoms with Crippen molar-refractivity contribution < 1.29 is 9.53 Å². The normalized spacial score (nSPS) is 16.0. The van der Waals surface area contributed by atoms with Crippen LogP contribution >= 0.6 is 23.1 Å². The van der Waals surface area contributed by atoms with Gasteiger partial charge in [-0.3, -0.25) is 4.79 Å². The lowest BCUT2D eigenvalue weighted by Crippen LogP contribution is -2.35. The Morgan fingerprint density at radius 3 is 2.72 bits per heavy atom. The third kappa shape index (κ3) is 2.50. The van der Waals surface area contributed by atoms with Crippen molar-refractivity contribution in [2.24, 2.45) is 0 Å². The van der Waals surface area contributed by atoms with Crippen molar-refractivity contribution in [3.8, 4) is 0 Å². The van der Waals surface area contributed by atoms with Crippen LogP contribution in [-0.2, 0) is 4.74 Å². The van der Waals surface area contributed by atoms with E-state index in [9.17, 15) is 4.79 Å². The molecule has 2 heterocycles. The molecular formula is C12H18N2O2S2. The minimum atomic E-state index is 0.132. The number of carbonyl (C=O) groups excluding carboxylic acids is 1. The average molecular weight is 286 g/mol. The number of thioether (sulfide) groups is 1. The first-order valence-electron chi connectivity index (χ1n) is 6.01. The smallest absolute Gasteiger partial charge is 0.174 e. The molecule has 0 saturated carbocycles. The maximum atomic E-state index is 11.9. The molecular weight excluding hydrogens is 268 g/mol. The fraction of sp³-hybridized carbons (Fsp3) is 0.583. The highest BCUT2D eigenvalue weighted by molar-refractivity contribution is 7.99. The highest BCUT2D eigenvalue weighted by Crippen LogP contribution is 2.44. The number of morpholine rings is 1. The molecule has 0 radical (unpaired) electrons. The predicted octanol–water partition coefficient (Wildman–Crippen LogP) is 2.48. The zero-order valence-corrected chi connectivity index (χ0v) is 12.3. The van der Waals surface area contributed by atoms with Crippen LogP contribution in [-0.4, -0.2) is 38.3 Å². The molecule has 1 saturated heterocycles. The van der Waals surface area contributed by atoms with Gasteiger partial charge in [-0.15, -0.1) is 23.1 Å². The molecule has 1 fully saturated rings. The molecule has 1 aliphatic rings. The number of rotatable bonds is 4. The van der Waals surface area contributed by atoms with Crippen LogP contribution in [0.15, 0.2) is 4.90 Å². The summed E-state index contributed by atoms with van der Waals surface area (Å²) in [7, 11) is 0. The highest BCUT2D eigenvalue weighted by atomic mass is 32.2. The van der Waals surface area contributed by atoms with Gasteiger partial charge in [0.15, 0.2) is 5.78 Å². The van der Waals surface area contributed by atoms with Gasteiger partial charge in [-0.25, -0.2) is 0 Å². The largest absolute Gasteiger partial charge is 0.396 e. The van der Waals surface area contributed by atoms with Crippen LogP contribution in [0.5, 0.6) is 0 Å². The number of thiophene rings is 1. The van der Waals surface area contributed by atoms with Crippen LogP contribution in [0.1, 0.15) is 23.0 Å². The van der Waals surface area contributed by atoms with Crippen LogP contribution in [0.4, 0.5) is 10.7 Å². The molecule has 0 amide bonds. The van der Waals surface area contributed by atoms with Gasteiger partial charge in [0.1, 0.15) is 5.00 Å². The van der Waals surface area contributed by atoms with E-state index in [-0.39, 0.29) is 5.78 Å². The van der Waals surface area contributed by atoms with Crippen molar-refractivity contribution in [1.29, 1.82) is 0 Å². The molecule has 0 atom stereocenters. The molecule has 0 aliphatic carbocycles. The number of nitrogens with two attached hydrogens (primary N) is 1. The van der Waals surface area contributed by atoms with Gasteiger partial charge in [0.2, 0.25) is 0 Å². The number of nitrogen functional groups attached to an aromatic ring is 1. The topological polar surface area (TPSA) is 55.6 Å². The van der Waals surface area contributed by atoms with Crippen molar-refractivity contribution in [1.82, 2.24) is 0 Å². The molecule has 1 aromatic rings. The molecule has 18 heavy (non-hydrogen) atoms. The number of hydrogen-bond acceptors (Lipinski definition) is 6. The Bertz CT molecular complexity index is 440. The van der Waals surface area contributed by atoms with Crippen molar-refractivity contribution in [2.45, 2.75) is 18.2 Å². The van der Waals surface area contributed by atoms with E-state index >= 15 is 0 Å². The summed E-state index contributed by atoms with van der Waals surface area (Å²) >= 11 is 3.14.